The number of ketones is 1. The Kier molecular flexibility index (Phi) is 3.74. The van der Waals surface area contributed by atoms with Crippen LogP contribution < -0.4 is 10.6 Å². The number of hydrogen-bond acceptors (Lipinski definition) is 3. The smallest absolute Gasteiger partial charge is 0.353 e. The summed E-state index contributed by atoms with van der Waals surface area (Å²) in [5.74, 6) is -2.54. The Labute approximate surface area is 127 Å². The molecule has 2 spiro atoms. The molecule has 124 valence electrons. The van der Waals surface area contributed by atoms with E-state index < -0.39 is 28.8 Å². The minimum atomic E-state index is -4.75. The number of halogens is 3. The number of carbonyl (C=O) groups excluding carboxylic acids is 2. The van der Waals surface area contributed by atoms with Crippen LogP contribution in [0, 0.1) is 11.3 Å². The Morgan fingerprint density at radius 1 is 1.09 bits per heavy atom. The quantitative estimate of drug-likeness (QED) is 0.777. The predicted molar refractivity (Wildman–Crippen MR) is 73.0 cm³/mol. The molecule has 7 heteroatoms. The van der Waals surface area contributed by atoms with Gasteiger partial charge in [0.2, 0.25) is 11.7 Å². The lowest BCUT2D eigenvalue weighted by atomic mass is 9.61. The molecule has 0 radical (unpaired) electrons. The molecule has 1 unspecified atom stereocenters. The van der Waals surface area contributed by atoms with E-state index in [1.54, 1.807) is 0 Å². The summed E-state index contributed by atoms with van der Waals surface area (Å²) in [6, 6.07) is 0. The van der Waals surface area contributed by atoms with Crippen LogP contribution in [0.4, 0.5) is 13.2 Å². The first-order valence-corrected chi connectivity index (χ1v) is 7.94. The highest BCUT2D eigenvalue weighted by Gasteiger charge is 2.57. The lowest BCUT2D eigenvalue weighted by molar-refractivity contribution is -0.180. The fourth-order valence-corrected chi connectivity index (χ4v) is 4.65. The average molecular weight is 318 g/mol. The summed E-state index contributed by atoms with van der Waals surface area (Å²) in [5.41, 5.74) is -1.20. The molecule has 3 fully saturated rings. The standard InChI is InChI=1S/C15H21F3N2O2/c16-15(17,18)11(21)10-2-1-3-13(10)4-6-14(7-5-13)12(22)19-8-9-20-14/h10,20H,1-9H2,(H,19,22). The molecule has 2 aliphatic carbocycles. The van der Waals surface area contributed by atoms with Crippen LogP contribution in [0.2, 0.25) is 0 Å². The van der Waals surface area contributed by atoms with Crippen molar-refractivity contribution in [3.8, 4) is 0 Å². The van der Waals surface area contributed by atoms with Gasteiger partial charge in [-0.15, -0.1) is 0 Å². The van der Waals surface area contributed by atoms with Crippen LogP contribution in [-0.2, 0) is 9.59 Å². The molecule has 3 rings (SSSR count). The highest BCUT2D eigenvalue weighted by Crippen LogP contribution is 2.56. The number of alkyl halides is 3. The first-order chi connectivity index (χ1) is 10.3. The number of amides is 1. The van der Waals surface area contributed by atoms with Crippen molar-refractivity contribution in [2.75, 3.05) is 13.1 Å². The zero-order valence-electron chi connectivity index (χ0n) is 12.4. The predicted octanol–water partition coefficient (Wildman–Crippen LogP) is 1.94. The fraction of sp³-hybridized carbons (Fsp3) is 0.867. The van der Waals surface area contributed by atoms with Crippen LogP contribution >= 0.6 is 0 Å². The minimum absolute atomic E-state index is 0.0507. The third kappa shape index (κ3) is 2.43. The summed E-state index contributed by atoms with van der Waals surface area (Å²) in [5, 5.41) is 6.08. The van der Waals surface area contributed by atoms with E-state index in [1.807, 2.05) is 0 Å². The number of hydrogen-bond donors (Lipinski definition) is 2. The van der Waals surface area contributed by atoms with Gasteiger partial charge in [-0.05, 0) is 43.9 Å². The molecule has 1 saturated heterocycles. The fourth-order valence-electron chi connectivity index (χ4n) is 4.65. The Morgan fingerprint density at radius 2 is 1.77 bits per heavy atom. The van der Waals surface area contributed by atoms with Crippen LogP contribution in [0.15, 0.2) is 0 Å². The molecule has 1 atom stereocenters. The maximum Gasteiger partial charge on any atom is 0.450 e. The molecule has 0 aromatic rings. The van der Waals surface area contributed by atoms with Crippen LogP contribution in [0.3, 0.4) is 0 Å². The summed E-state index contributed by atoms with van der Waals surface area (Å²) in [6.45, 7) is 1.27. The van der Waals surface area contributed by atoms with Crippen molar-refractivity contribution in [2.24, 2.45) is 11.3 Å². The third-order valence-electron chi connectivity index (χ3n) is 5.91. The highest BCUT2D eigenvalue weighted by molar-refractivity contribution is 5.88. The number of nitrogens with one attached hydrogen (secondary N) is 2. The van der Waals surface area contributed by atoms with E-state index in [9.17, 15) is 22.8 Å². The molecule has 1 aliphatic heterocycles. The topological polar surface area (TPSA) is 58.2 Å². The molecule has 0 aromatic heterocycles. The van der Waals surface area contributed by atoms with Gasteiger partial charge in [0.1, 0.15) is 0 Å². The first kappa shape index (κ1) is 15.8. The van der Waals surface area contributed by atoms with Gasteiger partial charge in [-0.2, -0.15) is 13.2 Å². The Balaban J connectivity index is 1.76. The van der Waals surface area contributed by atoms with Gasteiger partial charge in [0.05, 0.1) is 5.54 Å². The summed E-state index contributed by atoms with van der Waals surface area (Å²) in [7, 11) is 0. The monoisotopic (exact) mass is 318 g/mol. The molecule has 2 saturated carbocycles. The third-order valence-corrected chi connectivity index (χ3v) is 5.91. The van der Waals surface area contributed by atoms with E-state index in [1.165, 1.54) is 0 Å². The van der Waals surface area contributed by atoms with Gasteiger partial charge in [-0.3, -0.25) is 9.59 Å². The molecular formula is C15H21F3N2O2. The van der Waals surface area contributed by atoms with Gasteiger partial charge in [-0.25, -0.2) is 0 Å². The van der Waals surface area contributed by atoms with Gasteiger partial charge < -0.3 is 10.6 Å². The number of rotatable bonds is 1. The van der Waals surface area contributed by atoms with Crippen molar-refractivity contribution >= 4 is 11.7 Å². The summed E-state index contributed by atoms with van der Waals surface area (Å²) >= 11 is 0. The second-order valence-corrected chi connectivity index (χ2v) is 6.93. The largest absolute Gasteiger partial charge is 0.450 e. The molecule has 1 amide bonds. The number of carbonyl (C=O) groups is 2. The summed E-state index contributed by atoms with van der Waals surface area (Å²) < 4.78 is 38.5. The molecule has 22 heavy (non-hydrogen) atoms. The maximum absolute atomic E-state index is 12.8. The Hall–Kier alpha value is -1.11. The Morgan fingerprint density at radius 3 is 2.36 bits per heavy atom. The zero-order valence-corrected chi connectivity index (χ0v) is 12.4. The van der Waals surface area contributed by atoms with E-state index >= 15 is 0 Å². The summed E-state index contributed by atoms with van der Waals surface area (Å²) in [6.07, 6.45) is -1.04. The number of piperazine rings is 1. The second-order valence-electron chi connectivity index (χ2n) is 6.93. The van der Waals surface area contributed by atoms with Crippen molar-refractivity contribution in [1.29, 1.82) is 0 Å². The molecular weight excluding hydrogens is 297 g/mol. The van der Waals surface area contributed by atoms with Gasteiger partial charge in [-0.1, -0.05) is 6.42 Å². The molecule has 3 aliphatic rings. The molecule has 1 heterocycles. The van der Waals surface area contributed by atoms with Gasteiger partial charge in [0, 0.05) is 19.0 Å². The van der Waals surface area contributed by atoms with Gasteiger partial charge >= 0.3 is 6.18 Å². The molecule has 2 N–H and O–H groups in total. The van der Waals surface area contributed by atoms with Crippen molar-refractivity contribution in [2.45, 2.75) is 56.7 Å². The Bertz CT molecular complexity index is 482. The van der Waals surface area contributed by atoms with E-state index in [0.29, 0.717) is 58.0 Å². The molecule has 0 aromatic carbocycles. The van der Waals surface area contributed by atoms with E-state index in [0.717, 1.165) is 0 Å². The van der Waals surface area contributed by atoms with Gasteiger partial charge in [0.25, 0.3) is 0 Å². The van der Waals surface area contributed by atoms with Crippen LogP contribution in [0.25, 0.3) is 0 Å². The SMILES string of the molecule is O=C(C1CCCC12CCC1(CC2)NCCNC1=O)C(F)(F)F. The second kappa shape index (κ2) is 5.22. The maximum atomic E-state index is 12.8. The highest BCUT2D eigenvalue weighted by atomic mass is 19.4. The minimum Gasteiger partial charge on any atom is -0.353 e. The lowest BCUT2D eigenvalue weighted by Gasteiger charge is -2.48. The first-order valence-electron chi connectivity index (χ1n) is 7.94. The number of Topliss-reactive ketones (excluding diaryl/α,β-unsaturated/α-hetero) is 1. The zero-order chi connectivity index (χ0) is 16.0. The van der Waals surface area contributed by atoms with Crippen molar-refractivity contribution in [1.82, 2.24) is 10.6 Å². The molecule has 4 nitrogen and oxygen atoms in total. The van der Waals surface area contributed by atoms with Crippen molar-refractivity contribution < 1.29 is 22.8 Å². The van der Waals surface area contributed by atoms with Crippen molar-refractivity contribution in [3.63, 3.8) is 0 Å². The van der Waals surface area contributed by atoms with Crippen LogP contribution in [0.1, 0.15) is 44.9 Å². The average Bonchev–Trinajstić information content (AvgIpc) is 2.87. The normalized spacial score (nSPS) is 39.2. The van der Waals surface area contributed by atoms with E-state index in [-0.39, 0.29) is 5.91 Å². The lowest BCUT2D eigenvalue weighted by Crippen LogP contribution is -2.65. The molecule has 0 bridgehead atoms. The van der Waals surface area contributed by atoms with E-state index in [4.69, 9.17) is 0 Å². The van der Waals surface area contributed by atoms with E-state index in [2.05, 4.69) is 10.6 Å². The van der Waals surface area contributed by atoms with Crippen LogP contribution in [0.5, 0.6) is 0 Å². The van der Waals surface area contributed by atoms with Crippen molar-refractivity contribution in [3.05, 3.63) is 0 Å². The van der Waals surface area contributed by atoms with Crippen LogP contribution in [-0.4, -0.2) is 36.5 Å². The van der Waals surface area contributed by atoms with Gasteiger partial charge in [0.15, 0.2) is 0 Å². The summed E-state index contributed by atoms with van der Waals surface area (Å²) in [4.78, 5) is 23.9.